The Balaban J connectivity index is 2.03. The van der Waals surface area contributed by atoms with Crippen molar-refractivity contribution in [1.82, 2.24) is 20.3 Å². The third-order valence-corrected chi connectivity index (χ3v) is 2.99. The molecule has 0 saturated heterocycles. The number of para-hydroxylation sites is 1. The van der Waals surface area contributed by atoms with Gasteiger partial charge in [0, 0.05) is 31.4 Å². The van der Waals surface area contributed by atoms with Gasteiger partial charge >= 0.3 is 0 Å². The fourth-order valence-electron chi connectivity index (χ4n) is 2.04. The predicted octanol–water partition coefficient (Wildman–Crippen LogP) is 2.45. The molecule has 1 atom stereocenters. The maximum Gasteiger partial charge on any atom is 0.124 e. The van der Waals surface area contributed by atoms with Gasteiger partial charge < -0.3 is 10.1 Å². The van der Waals surface area contributed by atoms with Crippen LogP contribution in [0, 0.1) is 0 Å². The van der Waals surface area contributed by atoms with E-state index >= 15 is 0 Å². The van der Waals surface area contributed by atoms with Crippen molar-refractivity contribution in [1.29, 1.82) is 0 Å². The van der Waals surface area contributed by atoms with Crippen LogP contribution < -0.4 is 10.1 Å². The van der Waals surface area contributed by atoms with Gasteiger partial charge in [0.2, 0.25) is 0 Å². The van der Waals surface area contributed by atoms with E-state index in [1.165, 1.54) is 0 Å². The van der Waals surface area contributed by atoms with Gasteiger partial charge in [-0.05, 0) is 26.8 Å². The van der Waals surface area contributed by atoms with Crippen molar-refractivity contribution in [2.75, 3.05) is 0 Å². The van der Waals surface area contributed by atoms with Gasteiger partial charge in [-0.1, -0.05) is 23.4 Å². The Hall–Kier alpha value is -1.88. The Labute approximate surface area is 120 Å². The standard InChI is InChI=1S/C15H22N4O/c1-11(2)20-15-8-6-5-7-14(15)12(3)16-9-13-10-19(4)18-17-13/h5-8,10-12,16H,9H2,1-4H3. The molecular formula is C15H22N4O. The van der Waals surface area contributed by atoms with Gasteiger partial charge in [-0.3, -0.25) is 4.68 Å². The zero-order chi connectivity index (χ0) is 14.5. The first-order valence-electron chi connectivity index (χ1n) is 6.90. The van der Waals surface area contributed by atoms with E-state index in [0.29, 0.717) is 6.54 Å². The number of aromatic nitrogens is 3. The number of hydrogen-bond donors (Lipinski definition) is 1. The molecule has 0 spiro atoms. The molecule has 108 valence electrons. The van der Waals surface area contributed by atoms with Gasteiger partial charge in [0.05, 0.1) is 11.8 Å². The van der Waals surface area contributed by atoms with E-state index in [9.17, 15) is 0 Å². The van der Waals surface area contributed by atoms with Gasteiger partial charge in [-0.2, -0.15) is 0 Å². The van der Waals surface area contributed by atoms with Crippen LogP contribution in [0.25, 0.3) is 0 Å². The Bertz CT molecular complexity index is 550. The fraction of sp³-hybridized carbons (Fsp3) is 0.467. The molecule has 1 unspecified atom stereocenters. The first-order valence-corrected chi connectivity index (χ1v) is 6.90. The Morgan fingerprint density at radius 3 is 2.65 bits per heavy atom. The summed E-state index contributed by atoms with van der Waals surface area (Å²) in [6.07, 6.45) is 2.08. The topological polar surface area (TPSA) is 52.0 Å². The lowest BCUT2D eigenvalue weighted by Crippen LogP contribution is -2.20. The molecule has 20 heavy (non-hydrogen) atoms. The van der Waals surface area contributed by atoms with Gasteiger partial charge in [-0.15, -0.1) is 5.10 Å². The number of aryl methyl sites for hydroxylation is 1. The van der Waals surface area contributed by atoms with Crippen LogP contribution in [0.5, 0.6) is 5.75 Å². The summed E-state index contributed by atoms with van der Waals surface area (Å²) in [5.74, 6) is 0.932. The highest BCUT2D eigenvalue weighted by Crippen LogP contribution is 2.25. The van der Waals surface area contributed by atoms with Crippen LogP contribution in [0.3, 0.4) is 0 Å². The maximum atomic E-state index is 5.85. The second kappa shape index (κ2) is 6.52. The van der Waals surface area contributed by atoms with E-state index in [1.54, 1.807) is 4.68 Å². The maximum absolute atomic E-state index is 5.85. The van der Waals surface area contributed by atoms with Crippen molar-refractivity contribution in [3.63, 3.8) is 0 Å². The minimum absolute atomic E-state index is 0.170. The summed E-state index contributed by atoms with van der Waals surface area (Å²) in [5.41, 5.74) is 2.09. The summed E-state index contributed by atoms with van der Waals surface area (Å²) in [6, 6.07) is 8.31. The van der Waals surface area contributed by atoms with Crippen molar-refractivity contribution in [3.8, 4) is 5.75 Å². The molecule has 0 aliphatic heterocycles. The summed E-state index contributed by atoms with van der Waals surface area (Å²) >= 11 is 0. The minimum Gasteiger partial charge on any atom is -0.491 e. The van der Waals surface area contributed by atoms with Crippen molar-refractivity contribution in [3.05, 3.63) is 41.7 Å². The Morgan fingerprint density at radius 1 is 1.25 bits per heavy atom. The Kier molecular flexibility index (Phi) is 4.74. The first-order chi connectivity index (χ1) is 9.56. The van der Waals surface area contributed by atoms with Crippen LogP contribution in [-0.2, 0) is 13.6 Å². The summed E-state index contributed by atoms with van der Waals surface area (Å²) in [4.78, 5) is 0. The van der Waals surface area contributed by atoms with E-state index in [4.69, 9.17) is 4.74 Å². The molecule has 0 aliphatic carbocycles. The van der Waals surface area contributed by atoms with Crippen LogP contribution in [0.15, 0.2) is 30.5 Å². The largest absolute Gasteiger partial charge is 0.491 e. The fourth-order valence-corrected chi connectivity index (χ4v) is 2.04. The van der Waals surface area contributed by atoms with Gasteiger partial charge in [0.1, 0.15) is 5.75 Å². The summed E-state index contributed by atoms with van der Waals surface area (Å²) < 4.78 is 7.56. The molecule has 1 aromatic heterocycles. The zero-order valence-electron chi connectivity index (χ0n) is 12.5. The molecule has 0 saturated carbocycles. The highest BCUT2D eigenvalue weighted by molar-refractivity contribution is 5.35. The average molecular weight is 274 g/mol. The number of ether oxygens (including phenoxy) is 1. The van der Waals surface area contributed by atoms with Gasteiger partial charge in [0.25, 0.3) is 0 Å². The van der Waals surface area contributed by atoms with Gasteiger partial charge in [-0.25, -0.2) is 0 Å². The van der Waals surface area contributed by atoms with Crippen molar-refractivity contribution >= 4 is 0 Å². The van der Waals surface area contributed by atoms with E-state index < -0.39 is 0 Å². The molecule has 1 N–H and O–H groups in total. The molecule has 2 rings (SSSR count). The molecule has 1 aromatic carbocycles. The van der Waals surface area contributed by atoms with Crippen LogP contribution in [0.4, 0.5) is 0 Å². The summed E-state index contributed by atoms with van der Waals surface area (Å²) in [5, 5.41) is 11.4. The highest BCUT2D eigenvalue weighted by Gasteiger charge is 2.12. The SMILES string of the molecule is CC(C)Oc1ccccc1C(C)NCc1cn(C)nn1. The number of nitrogens with one attached hydrogen (secondary N) is 1. The molecule has 5 heteroatoms. The van der Waals surface area contributed by atoms with Crippen LogP contribution in [0.2, 0.25) is 0 Å². The van der Waals surface area contributed by atoms with Crippen molar-refractivity contribution in [2.45, 2.75) is 39.5 Å². The molecule has 2 aromatic rings. The average Bonchev–Trinajstić information content (AvgIpc) is 2.82. The summed E-state index contributed by atoms with van der Waals surface area (Å²) in [6.45, 7) is 6.88. The number of benzene rings is 1. The quantitative estimate of drug-likeness (QED) is 0.879. The lowest BCUT2D eigenvalue weighted by atomic mass is 10.1. The lowest BCUT2D eigenvalue weighted by Gasteiger charge is -2.19. The van der Waals surface area contributed by atoms with Crippen LogP contribution in [0.1, 0.15) is 38.1 Å². The smallest absolute Gasteiger partial charge is 0.124 e. The normalized spacial score (nSPS) is 12.7. The third kappa shape index (κ3) is 3.81. The monoisotopic (exact) mass is 274 g/mol. The third-order valence-electron chi connectivity index (χ3n) is 2.99. The molecule has 0 amide bonds. The van der Waals surface area contributed by atoms with Crippen LogP contribution >= 0.6 is 0 Å². The molecule has 0 fully saturated rings. The lowest BCUT2D eigenvalue weighted by molar-refractivity contribution is 0.238. The molecule has 0 bridgehead atoms. The predicted molar refractivity (Wildman–Crippen MR) is 78.5 cm³/mol. The molecule has 0 aliphatic rings. The second-order valence-electron chi connectivity index (χ2n) is 5.19. The number of nitrogens with zero attached hydrogens (tertiary/aromatic N) is 3. The van der Waals surface area contributed by atoms with Gasteiger partial charge in [0.15, 0.2) is 0 Å². The second-order valence-corrected chi connectivity index (χ2v) is 5.19. The van der Waals surface area contributed by atoms with E-state index in [2.05, 4.69) is 28.6 Å². The molecule has 5 nitrogen and oxygen atoms in total. The molecule has 0 radical (unpaired) electrons. The van der Waals surface area contributed by atoms with E-state index in [0.717, 1.165) is 17.0 Å². The number of hydrogen-bond acceptors (Lipinski definition) is 4. The minimum atomic E-state index is 0.170. The van der Waals surface area contributed by atoms with E-state index in [1.807, 2.05) is 45.3 Å². The first kappa shape index (κ1) is 14.5. The van der Waals surface area contributed by atoms with Crippen molar-refractivity contribution in [2.24, 2.45) is 7.05 Å². The Morgan fingerprint density at radius 2 is 2.00 bits per heavy atom. The van der Waals surface area contributed by atoms with Crippen LogP contribution in [-0.4, -0.2) is 21.1 Å². The number of rotatable bonds is 6. The summed E-state index contributed by atoms with van der Waals surface area (Å²) in [7, 11) is 1.87. The molecular weight excluding hydrogens is 252 g/mol. The zero-order valence-corrected chi connectivity index (χ0v) is 12.5. The highest BCUT2D eigenvalue weighted by atomic mass is 16.5. The molecule has 1 heterocycles. The van der Waals surface area contributed by atoms with E-state index in [-0.39, 0.29) is 12.1 Å². The van der Waals surface area contributed by atoms with Crippen molar-refractivity contribution < 1.29 is 4.74 Å².